The first-order chi connectivity index (χ1) is 14.1. The van der Waals surface area contributed by atoms with Gasteiger partial charge >= 0.3 is 0 Å². The maximum absolute atomic E-state index is 13.0. The fourth-order valence-electron chi connectivity index (χ4n) is 3.09. The molecule has 4 rings (SSSR count). The van der Waals surface area contributed by atoms with Gasteiger partial charge in [0.15, 0.2) is 0 Å². The van der Waals surface area contributed by atoms with Crippen molar-refractivity contribution in [3.8, 4) is 22.5 Å². The van der Waals surface area contributed by atoms with Crippen LogP contribution in [0.2, 0.25) is 5.02 Å². The summed E-state index contributed by atoms with van der Waals surface area (Å²) in [5, 5.41) is 7.49. The molecule has 0 unspecified atom stereocenters. The normalized spacial score (nSPS) is 10.7. The Morgan fingerprint density at radius 3 is 2.62 bits per heavy atom. The SMILES string of the molecule is Cc1onc(-c2ccccc2Cl)c1C(=O)NCc1cccnc1-c1ccncc1. The maximum Gasteiger partial charge on any atom is 0.257 e. The lowest BCUT2D eigenvalue weighted by Crippen LogP contribution is -2.24. The molecule has 6 nitrogen and oxygen atoms in total. The predicted octanol–water partition coefficient (Wildman–Crippen LogP) is 4.69. The van der Waals surface area contributed by atoms with Gasteiger partial charge in [0.2, 0.25) is 0 Å². The van der Waals surface area contributed by atoms with Crippen LogP contribution in [0, 0.1) is 6.92 Å². The number of nitrogens with zero attached hydrogens (tertiary/aromatic N) is 3. The number of nitrogens with one attached hydrogen (secondary N) is 1. The minimum absolute atomic E-state index is 0.289. The molecule has 144 valence electrons. The van der Waals surface area contributed by atoms with Crippen LogP contribution in [0.25, 0.3) is 22.5 Å². The molecule has 1 N–H and O–H groups in total. The fraction of sp³-hybridized carbons (Fsp3) is 0.0909. The number of amides is 1. The minimum atomic E-state index is -0.289. The molecule has 29 heavy (non-hydrogen) atoms. The molecule has 1 aromatic carbocycles. The van der Waals surface area contributed by atoms with Crippen molar-refractivity contribution in [2.24, 2.45) is 0 Å². The highest BCUT2D eigenvalue weighted by molar-refractivity contribution is 6.33. The van der Waals surface area contributed by atoms with Crippen LogP contribution in [0.15, 0.2) is 71.6 Å². The Bertz CT molecular complexity index is 1160. The van der Waals surface area contributed by atoms with E-state index in [1.54, 1.807) is 37.6 Å². The van der Waals surface area contributed by atoms with E-state index in [1.165, 1.54) is 0 Å². The van der Waals surface area contributed by atoms with Gasteiger partial charge in [0.1, 0.15) is 17.0 Å². The van der Waals surface area contributed by atoms with Crippen molar-refractivity contribution >= 4 is 17.5 Å². The van der Waals surface area contributed by atoms with Crippen LogP contribution in [-0.4, -0.2) is 21.0 Å². The number of rotatable bonds is 5. The molecule has 0 bridgehead atoms. The highest BCUT2D eigenvalue weighted by atomic mass is 35.5. The van der Waals surface area contributed by atoms with Gasteiger partial charge in [0, 0.05) is 36.3 Å². The van der Waals surface area contributed by atoms with Crippen LogP contribution < -0.4 is 5.32 Å². The van der Waals surface area contributed by atoms with Gasteiger partial charge < -0.3 is 9.84 Å². The van der Waals surface area contributed by atoms with Crippen LogP contribution >= 0.6 is 11.6 Å². The zero-order valence-corrected chi connectivity index (χ0v) is 16.3. The Morgan fingerprint density at radius 1 is 1.03 bits per heavy atom. The second-order valence-corrected chi connectivity index (χ2v) is 6.78. The monoisotopic (exact) mass is 404 g/mol. The summed E-state index contributed by atoms with van der Waals surface area (Å²) in [6.07, 6.45) is 5.15. The zero-order chi connectivity index (χ0) is 20.2. The number of hydrogen-bond donors (Lipinski definition) is 1. The standard InChI is InChI=1S/C22H17ClN4O2/c1-14-19(21(27-29-14)17-6-2-3-7-18(17)23)22(28)26-13-16-5-4-10-25-20(16)15-8-11-24-12-9-15/h2-12H,13H2,1H3,(H,26,28). The van der Waals surface area contributed by atoms with Gasteiger partial charge in [-0.1, -0.05) is 41.0 Å². The summed E-state index contributed by atoms with van der Waals surface area (Å²) < 4.78 is 5.28. The molecule has 0 aliphatic carbocycles. The van der Waals surface area contributed by atoms with Crippen molar-refractivity contribution in [1.82, 2.24) is 20.4 Å². The van der Waals surface area contributed by atoms with Gasteiger partial charge in [0.05, 0.1) is 10.7 Å². The van der Waals surface area contributed by atoms with Gasteiger partial charge in [-0.3, -0.25) is 14.8 Å². The topological polar surface area (TPSA) is 80.9 Å². The minimum Gasteiger partial charge on any atom is -0.360 e. The lowest BCUT2D eigenvalue weighted by molar-refractivity contribution is 0.0950. The molecule has 3 heterocycles. The van der Waals surface area contributed by atoms with E-state index < -0.39 is 0 Å². The third-order valence-electron chi connectivity index (χ3n) is 4.50. The number of aryl methyl sites for hydroxylation is 1. The molecule has 0 aliphatic heterocycles. The fourth-order valence-corrected chi connectivity index (χ4v) is 3.32. The number of pyridine rings is 2. The Morgan fingerprint density at radius 2 is 1.83 bits per heavy atom. The molecule has 4 aromatic rings. The van der Waals surface area contributed by atoms with Crippen molar-refractivity contribution in [3.63, 3.8) is 0 Å². The van der Waals surface area contributed by atoms with Gasteiger partial charge in [-0.05, 0) is 36.8 Å². The molecular weight excluding hydrogens is 388 g/mol. The van der Waals surface area contributed by atoms with E-state index in [-0.39, 0.29) is 5.91 Å². The summed E-state index contributed by atoms with van der Waals surface area (Å²) in [6.45, 7) is 2.01. The van der Waals surface area contributed by atoms with Crippen LogP contribution in [0.4, 0.5) is 0 Å². The first kappa shape index (κ1) is 18.8. The van der Waals surface area contributed by atoms with Crippen molar-refractivity contribution in [2.75, 3.05) is 0 Å². The van der Waals surface area contributed by atoms with Crippen LogP contribution in [0.1, 0.15) is 21.7 Å². The maximum atomic E-state index is 13.0. The lowest BCUT2D eigenvalue weighted by Gasteiger charge is -2.10. The quantitative estimate of drug-likeness (QED) is 0.521. The highest BCUT2D eigenvalue weighted by Gasteiger charge is 2.23. The molecule has 1 amide bonds. The summed E-state index contributed by atoms with van der Waals surface area (Å²) >= 11 is 6.28. The Kier molecular flexibility index (Phi) is 5.35. The first-order valence-electron chi connectivity index (χ1n) is 8.99. The Balaban J connectivity index is 1.60. The molecule has 0 radical (unpaired) electrons. The highest BCUT2D eigenvalue weighted by Crippen LogP contribution is 2.31. The van der Waals surface area contributed by atoms with E-state index in [0.29, 0.717) is 34.1 Å². The zero-order valence-electron chi connectivity index (χ0n) is 15.6. The summed E-state index contributed by atoms with van der Waals surface area (Å²) in [5.74, 6) is 0.140. The average Bonchev–Trinajstić information content (AvgIpc) is 3.14. The van der Waals surface area contributed by atoms with Gasteiger partial charge in [-0.2, -0.15) is 0 Å². The number of benzene rings is 1. The van der Waals surface area contributed by atoms with E-state index in [9.17, 15) is 4.79 Å². The molecule has 0 spiro atoms. The number of aromatic nitrogens is 3. The third kappa shape index (κ3) is 3.88. The molecule has 0 atom stereocenters. The summed E-state index contributed by atoms with van der Waals surface area (Å²) in [6, 6.07) is 14.7. The number of halogens is 1. The predicted molar refractivity (Wildman–Crippen MR) is 110 cm³/mol. The summed E-state index contributed by atoms with van der Waals surface area (Å²) in [7, 11) is 0. The first-order valence-corrected chi connectivity index (χ1v) is 9.36. The van der Waals surface area contributed by atoms with E-state index in [1.807, 2.05) is 36.4 Å². The number of carbonyl (C=O) groups excluding carboxylic acids is 1. The molecule has 0 fully saturated rings. The smallest absolute Gasteiger partial charge is 0.257 e. The molecule has 3 aromatic heterocycles. The summed E-state index contributed by atoms with van der Waals surface area (Å²) in [5.41, 5.74) is 4.06. The molecule has 0 aliphatic rings. The summed E-state index contributed by atoms with van der Waals surface area (Å²) in [4.78, 5) is 21.5. The van der Waals surface area contributed by atoms with Gasteiger partial charge in [-0.25, -0.2) is 0 Å². The number of hydrogen-bond acceptors (Lipinski definition) is 5. The van der Waals surface area contributed by atoms with Crippen molar-refractivity contribution in [2.45, 2.75) is 13.5 Å². The van der Waals surface area contributed by atoms with E-state index >= 15 is 0 Å². The van der Waals surface area contributed by atoms with Gasteiger partial charge in [-0.15, -0.1) is 0 Å². The van der Waals surface area contributed by atoms with Crippen LogP contribution in [0.3, 0.4) is 0 Å². The molecule has 7 heteroatoms. The molecule has 0 saturated carbocycles. The van der Waals surface area contributed by atoms with Gasteiger partial charge in [0.25, 0.3) is 5.91 Å². The van der Waals surface area contributed by atoms with Crippen LogP contribution in [0.5, 0.6) is 0 Å². The molecule has 0 saturated heterocycles. The van der Waals surface area contributed by atoms with Crippen LogP contribution in [-0.2, 0) is 6.54 Å². The Hall–Kier alpha value is -3.51. The average molecular weight is 405 g/mol. The lowest BCUT2D eigenvalue weighted by atomic mass is 10.0. The van der Waals surface area contributed by atoms with E-state index in [0.717, 1.165) is 16.8 Å². The second-order valence-electron chi connectivity index (χ2n) is 6.37. The van der Waals surface area contributed by atoms with Crippen molar-refractivity contribution in [3.05, 3.63) is 89.0 Å². The third-order valence-corrected chi connectivity index (χ3v) is 4.83. The Labute approximate surface area is 172 Å². The van der Waals surface area contributed by atoms with Crippen molar-refractivity contribution < 1.29 is 9.32 Å². The largest absolute Gasteiger partial charge is 0.360 e. The molecular formula is C22H17ClN4O2. The van der Waals surface area contributed by atoms with E-state index in [2.05, 4.69) is 20.4 Å². The van der Waals surface area contributed by atoms with Crippen molar-refractivity contribution in [1.29, 1.82) is 0 Å². The second kappa shape index (κ2) is 8.24. The number of carbonyl (C=O) groups is 1. The van der Waals surface area contributed by atoms with E-state index in [4.69, 9.17) is 16.1 Å².